The second kappa shape index (κ2) is 10.6. The molecule has 0 unspecified atom stereocenters. The van der Waals surface area contributed by atoms with Crippen LogP contribution >= 0.6 is 0 Å². The second-order valence-corrected chi connectivity index (χ2v) is 6.95. The summed E-state index contributed by atoms with van der Waals surface area (Å²) in [5.41, 5.74) is 7.92. The first-order valence-electron chi connectivity index (χ1n) is 9.85. The van der Waals surface area contributed by atoms with Gasteiger partial charge in [-0.2, -0.15) is 0 Å². The van der Waals surface area contributed by atoms with Crippen molar-refractivity contribution in [3.63, 3.8) is 0 Å². The lowest BCUT2D eigenvalue weighted by atomic mass is 10.1. The molecule has 0 spiro atoms. The van der Waals surface area contributed by atoms with Crippen LogP contribution in [0, 0.1) is 6.92 Å². The van der Waals surface area contributed by atoms with Crippen LogP contribution in [0.2, 0.25) is 0 Å². The maximum atomic E-state index is 12.3. The third kappa shape index (κ3) is 6.30. The molecule has 3 amide bonds. The Balaban J connectivity index is 1.50. The average molecular weight is 429 g/mol. The smallest absolute Gasteiger partial charge is 0.269 e. The van der Waals surface area contributed by atoms with Gasteiger partial charge < -0.3 is 10.1 Å². The van der Waals surface area contributed by atoms with Gasteiger partial charge in [-0.05, 0) is 67.1 Å². The van der Waals surface area contributed by atoms with Crippen LogP contribution in [-0.2, 0) is 4.79 Å². The summed E-state index contributed by atoms with van der Waals surface area (Å²) in [6, 6.07) is 20.8. The van der Waals surface area contributed by atoms with E-state index in [1.807, 2.05) is 19.1 Å². The van der Waals surface area contributed by atoms with Crippen molar-refractivity contribution in [2.45, 2.75) is 6.92 Å². The maximum Gasteiger partial charge on any atom is 0.269 e. The number of anilines is 1. The molecule has 3 rings (SSSR count). The Morgan fingerprint density at radius 1 is 0.812 bits per heavy atom. The quantitative estimate of drug-likeness (QED) is 0.411. The van der Waals surface area contributed by atoms with E-state index in [4.69, 9.17) is 4.74 Å². The van der Waals surface area contributed by atoms with Crippen molar-refractivity contribution in [2.75, 3.05) is 12.4 Å². The Bertz CT molecular complexity index is 1140. The fourth-order valence-electron chi connectivity index (χ4n) is 2.81. The van der Waals surface area contributed by atoms with Gasteiger partial charge in [0, 0.05) is 22.9 Å². The minimum absolute atomic E-state index is 0.234. The number of methoxy groups -OCH3 is 1. The fourth-order valence-corrected chi connectivity index (χ4v) is 2.81. The van der Waals surface area contributed by atoms with Gasteiger partial charge in [-0.1, -0.05) is 29.8 Å². The minimum atomic E-state index is -0.479. The molecule has 0 saturated heterocycles. The molecule has 0 radical (unpaired) electrons. The molecule has 0 bridgehead atoms. The molecule has 0 aliphatic rings. The summed E-state index contributed by atoms with van der Waals surface area (Å²) < 4.78 is 5.08. The van der Waals surface area contributed by atoms with Crippen molar-refractivity contribution >= 4 is 29.5 Å². The number of ether oxygens (including phenoxy) is 1. The summed E-state index contributed by atoms with van der Waals surface area (Å²) in [5, 5.41) is 2.78. The molecule has 0 aliphatic carbocycles. The molecule has 0 aliphatic heterocycles. The Kier molecular flexibility index (Phi) is 7.37. The van der Waals surface area contributed by atoms with Gasteiger partial charge in [-0.15, -0.1) is 0 Å². The summed E-state index contributed by atoms with van der Waals surface area (Å²) in [5.74, 6) is -0.467. The van der Waals surface area contributed by atoms with E-state index in [1.165, 1.54) is 6.08 Å². The van der Waals surface area contributed by atoms with Gasteiger partial charge in [0.05, 0.1) is 7.11 Å². The Morgan fingerprint density at radius 2 is 1.53 bits per heavy atom. The molecule has 0 aromatic heterocycles. The third-order valence-electron chi connectivity index (χ3n) is 4.53. The molecule has 3 N–H and O–H groups in total. The van der Waals surface area contributed by atoms with Crippen molar-refractivity contribution in [1.29, 1.82) is 0 Å². The van der Waals surface area contributed by atoms with Crippen molar-refractivity contribution in [1.82, 2.24) is 10.9 Å². The zero-order valence-electron chi connectivity index (χ0n) is 17.7. The molecule has 0 heterocycles. The number of rotatable bonds is 6. The highest BCUT2D eigenvalue weighted by Gasteiger charge is 2.09. The molecule has 0 saturated carbocycles. The Morgan fingerprint density at radius 3 is 2.19 bits per heavy atom. The van der Waals surface area contributed by atoms with E-state index in [9.17, 15) is 14.4 Å². The van der Waals surface area contributed by atoms with Crippen LogP contribution in [0.1, 0.15) is 31.8 Å². The number of hydrogen-bond donors (Lipinski definition) is 3. The lowest BCUT2D eigenvalue weighted by molar-refractivity contribution is -0.117. The standard InChI is InChI=1S/C25H23N3O4/c1-17-4-3-5-20(16-17)24(30)26-21-11-9-19(10-12-21)25(31)28-27-23(29)15-8-18-6-13-22(32-2)14-7-18/h3-16H,1-2H3,(H,26,30)(H,27,29)(H,28,31). The van der Waals surface area contributed by atoms with E-state index in [2.05, 4.69) is 16.2 Å². The van der Waals surface area contributed by atoms with Crippen molar-refractivity contribution in [3.8, 4) is 5.75 Å². The second-order valence-electron chi connectivity index (χ2n) is 6.95. The highest BCUT2D eigenvalue weighted by Crippen LogP contribution is 2.13. The highest BCUT2D eigenvalue weighted by molar-refractivity contribution is 6.04. The first-order valence-corrected chi connectivity index (χ1v) is 9.85. The molecule has 7 nitrogen and oxygen atoms in total. The van der Waals surface area contributed by atoms with Gasteiger partial charge in [0.2, 0.25) is 0 Å². The van der Waals surface area contributed by atoms with Crippen LogP contribution in [0.4, 0.5) is 5.69 Å². The summed E-state index contributed by atoms with van der Waals surface area (Å²) in [6.45, 7) is 1.91. The zero-order valence-corrected chi connectivity index (χ0v) is 17.7. The van der Waals surface area contributed by atoms with E-state index in [1.54, 1.807) is 73.8 Å². The molecule has 0 fully saturated rings. The monoisotopic (exact) mass is 429 g/mol. The number of amides is 3. The number of carbonyl (C=O) groups is 3. The predicted molar refractivity (Wildman–Crippen MR) is 123 cm³/mol. The molecule has 3 aromatic carbocycles. The van der Waals surface area contributed by atoms with E-state index in [0.29, 0.717) is 16.8 Å². The van der Waals surface area contributed by atoms with E-state index >= 15 is 0 Å². The van der Waals surface area contributed by atoms with Crippen LogP contribution in [0.5, 0.6) is 5.75 Å². The topological polar surface area (TPSA) is 96.5 Å². The maximum absolute atomic E-state index is 12.3. The minimum Gasteiger partial charge on any atom is -0.497 e. The van der Waals surface area contributed by atoms with Crippen molar-refractivity contribution in [3.05, 3.63) is 101 Å². The Labute approximate surface area is 186 Å². The van der Waals surface area contributed by atoms with E-state index in [0.717, 1.165) is 16.9 Å². The van der Waals surface area contributed by atoms with Crippen LogP contribution in [0.15, 0.2) is 78.9 Å². The molecular formula is C25H23N3O4. The first-order chi connectivity index (χ1) is 15.4. The van der Waals surface area contributed by atoms with Gasteiger partial charge in [0.1, 0.15) is 5.75 Å². The molecule has 7 heteroatoms. The van der Waals surface area contributed by atoms with Crippen molar-refractivity contribution < 1.29 is 19.1 Å². The average Bonchev–Trinajstić information content (AvgIpc) is 2.82. The molecule has 3 aromatic rings. The van der Waals surface area contributed by atoms with E-state index in [-0.39, 0.29) is 5.91 Å². The van der Waals surface area contributed by atoms with Crippen LogP contribution in [-0.4, -0.2) is 24.8 Å². The van der Waals surface area contributed by atoms with Gasteiger partial charge >= 0.3 is 0 Å². The van der Waals surface area contributed by atoms with Crippen LogP contribution in [0.3, 0.4) is 0 Å². The van der Waals surface area contributed by atoms with Crippen LogP contribution < -0.4 is 20.9 Å². The number of aryl methyl sites for hydroxylation is 1. The lowest BCUT2D eigenvalue weighted by Gasteiger charge is -2.08. The summed E-state index contributed by atoms with van der Waals surface area (Å²) >= 11 is 0. The predicted octanol–water partition coefficient (Wildman–Crippen LogP) is 3.73. The third-order valence-corrected chi connectivity index (χ3v) is 4.53. The van der Waals surface area contributed by atoms with Gasteiger partial charge in [0.25, 0.3) is 17.7 Å². The number of benzene rings is 3. The van der Waals surface area contributed by atoms with Crippen molar-refractivity contribution in [2.24, 2.45) is 0 Å². The number of carbonyl (C=O) groups excluding carboxylic acids is 3. The number of hydrazine groups is 1. The largest absolute Gasteiger partial charge is 0.497 e. The first kappa shape index (κ1) is 22.3. The molecule has 0 atom stereocenters. The molecular weight excluding hydrogens is 406 g/mol. The Hall–Kier alpha value is -4.39. The van der Waals surface area contributed by atoms with Gasteiger partial charge in [-0.25, -0.2) is 0 Å². The number of hydrogen-bond acceptors (Lipinski definition) is 4. The summed E-state index contributed by atoms with van der Waals surface area (Å²) in [6.07, 6.45) is 2.93. The molecule has 32 heavy (non-hydrogen) atoms. The van der Waals surface area contributed by atoms with Crippen LogP contribution in [0.25, 0.3) is 6.08 Å². The van der Waals surface area contributed by atoms with E-state index < -0.39 is 11.8 Å². The fraction of sp³-hybridized carbons (Fsp3) is 0.0800. The number of nitrogens with one attached hydrogen (secondary N) is 3. The SMILES string of the molecule is COc1ccc(C=CC(=O)NNC(=O)c2ccc(NC(=O)c3cccc(C)c3)cc2)cc1. The summed E-state index contributed by atoms with van der Waals surface area (Å²) in [4.78, 5) is 36.5. The zero-order chi connectivity index (χ0) is 22.9. The summed E-state index contributed by atoms with van der Waals surface area (Å²) in [7, 11) is 1.58. The van der Waals surface area contributed by atoms with Gasteiger partial charge in [0.15, 0.2) is 0 Å². The molecule has 162 valence electrons. The normalized spacial score (nSPS) is 10.4. The highest BCUT2D eigenvalue weighted by atomic mass is 16.5. The van der Waals surface area contributed by atoms with Gasteiger partial charge in [-0.3, -0.25) is 25.2 Å². The lowest BCUT2D eigenvalue weighted by Crippen LogP contribution is -2.40.